The summed E-state index contributed by atoms with van der Waals surface area (Å²) in [5.74, 6) is 2.44. The minimum absolute atomic E-state index is 0.0942. The highest BCUT2D eigenvalue weighted by Crippen LogP contribution is 2.44. The van der Waals surface area contributed by atoms with Crippen LogP contribution in [0.25, 0.3) is 0 Å². The Morgan fingerprint density at radius 2 is 1.79 bits per heavy atom. The van der Waals surface area contributed by atoms with Gasteiger partial charge in [0.25, 0.3) is 0 Å². The van der Waals surface area contributed by atoms with Crippen molar-refractivity contribution in [3.63, 3.8) is 0 Å². The molecule has 0 radical (unpaired) electrons. The molecule has 2 fully saturated rings. The molecule has 0 aliphatic heterocycles. The van der Waals surface area contributed by atoms with E-state index in [-0.39, 0.29) is 11.7 Å². The van der Waals surface area contributed by atoms with Crippen molar-refractivity contribution >= 4 is 0 Å². The Morgan fingerprint density at radius 3 is 2.47 bits per heavy atom. The van der Waals surface area contributed by atoms with E-state index in [2.05, 4.69) is 13.8 Å². The Balaban J connectivity index is 1.78. The lowest BCUT2D eigenvalue weighted by Gasteiger charge is -2.41. The number of aliphatic hydroxyl groups excluding tert-OH is 1. The standard InChI is InChI=1S/C17H32O2/c1-17(2,19-3)11-10-16(18)15-9-8-13-6-4-5-7-14(13)12-15/h13-16,18H,4-12H2,1-3H3. The van der Waals surface area contributed by atoms with Gasteiger partial charge in [0, 0.05) is 7.11 Å². The van der Waals surface area contributed by atoms with Crippen molar-refractivity contribution in [2.45, 2.75) is 83.3 Å². The van der Waals surface area contributed by atoms with Crippen molar-refractivity contribution in [1.29, 1.82) is 0 Å². The molecule has 2 aliphatic carbocycles. The van der Waals surface area contributed by atoms with Gasteiger partial charge < -0.3 is 9.84 Å². The highest BCUT2D eigenvalue weighted by molar-refractivity contribution is 4.86. The SMILES string of the molecule is COC(C)(C)CCC(O)C1CCC2CCCCC2C1. The molecule has 2 heteroatoms. The van der Waals surface area contributed by atoms with Gasteiger partial charge in [-0.1, -0.05) is 25.7 Å². The second kappa shape index (κ2) is 6.58. The number of ether oxygens (including phenoxy) is 1. The van der Waals surface area contributed by atoms with Crippen LogP contribution in [0.1, 0.15) is 71.6 Å². The first kappa shape index (κ1) is 15.3. The van der Waals surface area contributed by atoms with Crippen LogP contribution >= 0.6 is 0 Å². The molecular formula is C17H32O2. The van der Waals surface area contributed by atoms with E-state index < -0.39 is 0 Å². The van der Waals surface area contributed by atoms with E-state index in [0.717, 1.165) is 24.7 Å². The van der Waals surface area contributed by atoms with Crippen LogP contribution in [0.3, 0.4) is 0 Å². The summed E-state index contributed by atoms with van der Waals surface area (Å²) in [4.78, 5) is 0. The van der Waals surface area contributed by atoms with Crippen LogP contribution < -0.4 is 0 Å². The number of hydrogen-bond donors (Lipinski definition) is 1. The monoisotopic (exact) mass is 268 g/mol. The minimum Gasteiger partial charge on any atom is -0.393 e. The van der Waals surface area contributed by atoms with Crippen LogP contribution in [0.2, 0.25) is 0 Å². The number of aliphatic hydroxyl groups is 1. The van der Waals surface area contributed by atoms with E-state index in [9.17, 15) is 5.11 Å². The third kappa shape index (κ3) is 4.19. The molecule has 112 valence electrons. The molecule has 0 aromatic carbocycles. The van der Waals surface area contributed by atoms with Gasteiger partial charge >= 0.3 is 0 Å². The normalized spacial score (nSPS) is 33.8. The highest BCUT2D eigenvalue weighted by atomic mass is 16.5. The van der Waals surface area contributed by atoms with Crippen LogP contribution in [0.5, 0.6) is 0 Å². The van der Waals surface area contributed by atoms with Gasteiger partial charge in [0.2, 0.25) is 0 Å². The van der Waals surface area contributed by atoms with Crippen LogP contribution in [-0.4, -0.2) is 23.9 Å². The van der Waals surface area contributed by atoms with Crippen molar-refractivity contribution in [3.8, 4) is 0 Å². The summed E-state index contributed by atoms with van der Waals surface area (Å²) in [6.45, 7) is 4.22. The van der Waals surface area contributed by atoms with E-state index >= 15 is 0 Å². The molecule has 2 saturated carbocycles. The Kier molecular flexibility index (Phi) is 5.30. The summed E-state index contributed by atoms with van der Waals surface area (Å²) in [5, 5.41) is 10.5. The van der Waals surface area contributed by atoms with Gasteiger partial charge in [-0.2, -0.15) is 0 Å². The Hall–Kier alpha value is -0.0800. The summed E-state index contributed by atoms with van der Waals surface area (Å²) in [5.41, 5.74) is -0.0942. The maximum atomic E-state index is 10.5. The van der Waals surface area contributed by atoms with E-state index in [1.807, 2.05) is 0 Å². The third-order valence-electron chi connectivity index (χ3n) is 5.72. The second-order valence-corrected chi connectivity index (χ2v) is 7.45. The first-order valence-electron chi connectivity index (χ1n) is 8.25. The topological polar surface area (TPSA) is 29.5 Å². The van der Waals surface area contributed by atoms with Gasteiger partial charge in [0.05, 0.1) is 11.7 Å². The lowest BCUT2D eigenvalue weighted by molar-refractivity contribution is -0.0154. The van der Waals surface area contributed by atoms with Crippen LogP contribution in [0.4, 0.5) is 0 Å². The fraction of sp³-hybridized carbons (Fsp3) is 1.00. The molecule has 0 aromatic rings. The fourth-order valence-electron chi connectivity index (χ4n) is 4.09. The van der Waals surface area contributed by atoms with Gasteiger partial charge in [-0.05, 0) is 63.7 Å². The molecule has 2 rings (SSSR count). The summed E-state index contributed by atoms with van der Waals surface area (Å²) in [7, 11) is 1.76. The molecular weight excluding hydrogens is 236 g/mol. The Bertz CT molecular complexity index is 274. The molecule has 0 saturated heterocycles. The van der Waals surface area contributed by atoms with Crippen molar-refractivity contribution < 1.29 is 9.84 Å². The zero-order chi connectivity index (χ0) is 13.9. The maximum Gasteiger partial charge on any atom is 0.0623 e. The average molecular weight is 268 g/mol. The number of rotatable bonds is 5. The van der Waals surface area contributed by atoms with Gasteiger partial charge in [-0.15, -0.1) is 0 Å². The first-order valence-corrected chi connectivity index (χ1v) is 8.25. The first-order chi connectivity index (χ1) is 9.02. The largest absolute Gasteiger partial charge is 0.393 e. The van der Waals surface area contributed by atoms with Crippen molar-refractivity contribution in [2.75, 3.05) is 7.11 Å². The smallest absolute Gasteiger partial charge is 0.0623 e. The zero-order valence-corrected chi connectivity index (χ0v) is 13.0. The molecule has 0 bridgehead atoms. The Morgan fingerprint density at radius 1 is 1.11 bits per heavy atom. The predicted octanol–water partition coefficient (Wildman–Crippen LogP) is 4.16. The molecule has 0 aromatic heterocycles. The second-order valence-electron chi connectivity index (χ2n) is 7.45. The molecule has 4 unspecified atom stereocenters. The zero-order valence-electron chi connectivity index (χ0n) is 13.0. The van der Waals surface area contributed by atoms with Gasteiger partial charge in [-0.3, -0.25) is 0 Å². The van der Waals surface area contributed by atoms with E-state index in [1.54, 1.807) is 7.11 Å². The molecule has 19 heavy (non-hydrogen) atoms. The highest BCUT2D eigenvalue weighted by Gasteiger charge is 2.35. The molecule has 1 N–H and O–H groups in total. The molecule has 0 spiro atoms. The van der Waals surface area contributed by atoms with Crippen molar-refractivity contribution in [3.05, 3.63) is 0 Å². The number of hydrogen-bond acceptors (Lipinski definition) is 2. The van der Waals surface area contributed by atoms with Gasteiger partial charge in [0.15, 0.2) is 0 Å². The molecule has 2 aliphatic rings. The number of methoxy groups -OCH3 is 1. The molecule has 4 atom stereocenters. The van der Waals surface area contributed by atoms with Crippen molar-refractivity contribution in [1.82, 2.24) is 0 Å². The lowest BCUT2D eigenvalue weighted by atomic mass is 9.66. The maximum absolute atomic E-state index is 10.5. The number of fused-ring (bicyclic) bond motifs is 1. The average Bonchev–Trinajstić information content (AvgIpc) is 2.44. The van der Waals surface area contributed by atoms with Crippen LogP contribution in [0.15, 0.2) is 0 Å². The van der Waals surface area contributed by atoms with Crippen molar-refractivity contribution in [2.24, 2.45) is 17.8 Å². The van der Waals surface area contributed by atoms with E-state index in [1.165, 1.54) is 44.9 Å². The predicted molar refractivity (Wildman–Crippen MR) is 79.1 cm³/mol. The summed E-state index contributed by atoms with van der Waals surface area (Å²) < 4.78 is 5.45. The summed E-state index contributed by atoms with van der Waals surface area (Å²) in [6.07, 6.45) is 11.3. The third-order valence-corrected chi connectivity index (χ3v) is 5.72. The molecule has 2 nitrogen and oxygen atoms in total. The summed E-state index contributed by atoms with van der Waals surface area (Å²) in [6, 6.07) is 0. The quantitative estimate of drug-likeness (QED) is 0.811. The molecule has 0 heterocycles. The van der Waals surface area contributed by atoms with E-state index in [4.69, 9.17) is 4.74 Å². The van der Waals surface area contributed by atoms with Crippen LogP contribution in [0, 0.1) is 17.8 Å². The Labute approximate surface area is 118 Å². The minimum atomic E-state index is -0.114. The van der Waals surface area contributed by atoms with Gasteiger partial charge in [0.1, 0.15) is 0 Å². The summed E-state index contributed by atoms with van der Waals surface area (Å²) >= 11 is 0. The van der Waals surface area contributed by atoms with Crippen LogP contribution in [-0.2, 0) is 4.74 Å². The van der Waals surface area contributed by atoms with Gasteiger partial charge in [-0.25, -0.2) is 0 Å². The molecule has 0 amide bonds. The lowest BCUT2D eigenvalue weighted by Crippen LogP contribution is -2.34. The van der Waals surface area contributed by atoms with E-state index in [0.29, 0.717) is 5.92 Å². The fourth-order valence-corrected chi connectivity index (χ4v) is 4.09.